The average Bonchev–Trinajstić information content (AvgIpc) is 3.15. The van der Waals surface area contributed by atoms with Crippen LogP contribution in [-0.4, -0.2) is 31.8 Å². The van der Waals surface area contributed by atoms with Crippen LogP contribution in [0.2, 0.25) is 0 Å². The Hall–Kier alpha value is -3.28. The second kappa shape index (κ2) is 5.98. The number of fused-ring (bicyclic) bond motifs is 1. The predicted octanol–water partition coefficient (Wildman–Crippen LogP) is 3.50. The Balaban J connectivity index is 1.91. The first kappa shape index (κ1) is 15.3. The molecule has 0 amide bonds. The fraction of sp³-hybridized carbons (Fsp3) is 0.158. The maximum Gasteiger partial charge on any atom is 0.166 e. The molecule has 0 N–H and O–H groups in total. The summed E-state index contributed by atoms with van der Waals surface area (Å²) in [4.78, 5) is 13.1. The molecule has 25 heavy (non-hydrogen) atoms. The molecule has 0 aliphatic carbocycles. The summed E-state index contributed by atoms with van der Waals surface area (Å²) >= 11 is 0. The van der Waals surface area contributed by atoms with E-state index < -0.39 is 0 Å². The van der Waals surface area contributed by atoms with Gasteiger partial charge in [0.15, 0.2) is 5.82 Å². The third-order valence-corrected chi connectivity index (χ3v) is 4.15. The molecule has 0 fully saturated rings. The van der Waals surface area contributed by atoms with Gasteiger partial charge in [0, 0.05) is 5.39 Å². The van der Waals surface area contributed by atoms with Crippen molar-refractivity contribution in [3.63, 3.8) is 0 Å². The Bertz CT molecular complexity index is 1060. The molecular formula is C19H17N5O. The zero-order valence-corrected chi connectivity index (χ0v) is 14.3. The number of aromatic nitrogens is 5. The summed E-state index contributed by atoms with van der Waals surface area (Å²) in [5, 5.41) is 5.15. The van der Waals surface area contributed by atoms with E-state index in [4.69, 9.17) is 4.74 Å². The van der Waals surface area contributed by atoms with Crippen molar-refractivity contribution in [2.45, 2.75) is 13.8 Å². The number of hydrogen-bond acceptors (Lipinski definition) is 5. The van der Waals surface area contributed by atoms with E-state index in [0.717, 1.165) is 39.2 Å². The van der Waals surface area contributed by atoms with Crippen molar-refractivity contribution in [1.82, 2.24) is 24.7 Å². The summed E-state index contributed by atoms with van der Waals surface area (Å²) in [5.74, 6) is 2.31. The van der Waals surface area contributed by atoms with Crippen LogP contribution in [0.4, 0.5) is 0 Å². The third-order valence-electron chi connectivity index (χ3n) is 4.15. The minimum absolute atomic E-state index is 0.700. The second-order valence-electron chi connectivity index (χ2n) is 5.85. The van der Waals surface area contributed by atoms with E-state index in [1.165, 1.54) is 6.33 Å². The first-order valence-corrected chi connectivity index (χ1v) is 7.94. The van der Waals surface area contributed by atoms with Gasteiger partial charge in [-0.25, -0.2) is 19.6 Å². The number of methoxy groups -OCH3 is 1. The van der Waals surface area contributed by atoms with Gasteiger partial charge < -0.3 is 4.74 Å². The third kappa shape index (κ3) is 2.71. The molecule has 2 heterocycles. The van der Waals surface area contributed by atoms with Crippen LogP contribution in [0.25, 0.3) is 27.8 Å². The largest absolute Gasteiger partial charge is 0.496 e. The summed E-state index contributed by atoms with van der Waals surface area (Å²) in [6.07, 6.45) is 3.14. The number of ether oxygens (including phenoxy) is 1. The normalized spacial score (nSPS) is 11.0. The molecule has 6 nitrogen and oxygen atoms in total. The van der Waals surface area contributed by atoms with Crippen LogP contribution >= 0.6 is 0 Å². The molecule has 0 spiro atoms. The minimum Gasteiger partial charge on any atom is -0.496 e. The van der Waals surface area contributed by atoms with Crippen molar-refractivity contribution in [1.29, 1.82) is 0 Å². The van der Waals surface area contributed by atoms with Gasteiger partial charge in [0.25, 0.3) is 0 Å². The zero-order valence-electron chi connectivity index (χ0n) is 14.3. The number of benzene rings is 2. The molecule has 0 radical (unpaired) electrons. The van der Waals surface area contributed by atoms with E-state index in [1.807, 2.05) is 26.0 Å². The van der Waals surface area contributed by atoms with Crippen LogP contribution < -0.4 is 4.74 Å². The maximum absolute atomic E-state index is 5.35. The monoisotopic (exact) mass is 331 g/mol. The Morgan fingerprint density at radius 3 is 2.48 bits per heavy atom. The average molecular weight is 331 g/mol. The van der Waals surface area contributed by atoms with Crippen molar-refractivity contribution >= 4 is 10.9 Å². The van der Waals surface area contributed by atoms with Crippen LogP contribution in [0.15, 0.2) is 49.1 Å². The van der Waals surface area contributed by atoms with Gasteiger partial charge in [-0.2, -0.15) is 5.10 Å². The highest BCUT2D eigenvalue weighted by Gasteiger charge is 2.11. The fourth-order valence-electron chi connectivity index (χ4n) is 2.96. The van der Waals surface area contributed by atoms with Gasteiger partial charge in [-0.1, -0.05) is 12.1 Å². The van der Waals surface area contributed by atoms with Gasteiger partial charge in [-0.05, 0) is 54.8 Å². The van der Waals surface area contributed by atoms with Crippen LogP contribution in [0.3, 0.4) is 0 Å². The summed E-state index contributed by atoms with van der Waals surface area (Å²) in [6.45, 7) is 3.91. The highest BCUT2D eigenvalue weighted by atomic mass is 16.5. The van der Waals surface area contributed by atoms with Crippen molar-refractivity contribution in [3.05, 3.63) is 60.4 Å². The molecule has 4 rings (SSSR count). The molecule has 0 unspecified atom stereocenters. The van der Waals surface area contributed by atoms with Crippen LogP contribution in [-0.2, 0) is 0 Å². The minimum atomic E-state index is 0.700. The van der Waals surface area contributed by atoms with Gasteiger partial charge in [0.2, 0.25) is 0 Å². The summed E-state index contributed by atoms with van der Waals surface area (Å²) in [6, 6.07) is 12.3. The molecular weight excluding hydrogens is 314 g/mol. The van der Waals surface area contributed by atoms with E-state index in [-0.39, 0.29) is 0 Å². The molecule has 0 saturated carbocycles. The van der Waals surface area contributed by atoms with Gasteiger partial charge in [0.05, 0.1) is 12.6 Å². The molecule has 2 aromatic carbocycles. The van der Waals surface area contributed by atoms with E-state index in [9.17, 15) is 0 Å². The topological polar surface area (TPSA) is 65.7 Å². The molecule has 0 saturated heterocycles. The standard InChI is InChI=1S/C19H17N5O/c1-12-8-14(5-7-18(12)25-3)15-4-6-17-16(9-15)19(23-13(2)22-17)24-11-20-10-21-24/h4-11H,1-3H3. The number of hydrogen-bond donors (Lipinski definition) is 0. The SMILES string of the molecule is COc1ccc(-c2ccc3nc(C)nc(-n4cncn4)c3c2)cc1C. The van der Waals surface area contributed by atoms with Gasteiger partial charge in [-0.3, -0.25) is 0 Å². The molecule has 0 atom stereocenters. The molecule has 0 bridgehead atoms. The van der Waals surface area contributed by atoms with Gasteiger partial charge in [0.1, 0.15) is 24.2 Å². The highest BCUT2D eigenvalue weighted by molar-refractivity contribution is 5.89. The highest BCUT2D eigenvalue weighted by Crippen LogP contribution is 2.29. The fourth-order valence-corrected chi connectivity index (χ4v) is 2.96. The smallest absolute Gasteiger partial charge is 0.166 e. The van der Waals surface area contributed by atoms with E-state index in [1.54, 1.807) is 18.1 Å². The lowest BCUT2D eigenvalue weighted by atomic mass is 10.0. The van der Waals surface area contributed by atoms with Crippen LogP contribution in [0.5, 0.6) is 5.75 Å². The lowest BCUT2D eigenvalue weighted by Gasteiger charge is -2.10. The second-order valence-corrected chi connectivity index (χ2v) is 5.85. The lowest BCUT2D eigenvalue weighted by molar-refractivity contribution is 0.412. The Labute approximate surface area is 145 Å². The molecule has 0 aliphatic heterocycles. The molecule has 4 aromatic rings. The van der Waals surface area contributed by atoms with Crippen molar-refractivity contribution in [2.75, 3.05) is 7.11 Å². The van der Waals surface area contributed by atoms with Crippen LogP contribution in [0, 0.1) is 13.8 Å². The Morgan fingerprint density at radius 2 is 1.76 bits per heavy atom. The number of nitrogens with zero attached hydrogens (tertiary/aromatic N) is 5. The molecule has 6 heteroatoms. The summed E-state index contributed by atoms with van der Waals surface area (Å²) < 4.78 is 7.02. The maximum atomic E-state index is 5.35. The van der Waals surface area contributed by atoms with E-state index >= 15 is 0 Å². The number of aryl methyl sites for hydroxylation is 2. The Kier molecular flexibility index (Phi) is 3.65. The van der Waals surface area contributed by atoms with Gasteiger partial charge in [-0.15, -0.1) is 0 Å². The zero-order chi connectivity index (χ0) is 17.4. The predicted molar refractivity (Wildman–Crippen MR) is 95.9 cm³/mol. The summed E-state index contributed by atoms with van der Waals surface area (Å²) in [5.41, 5.74) is 4.18. The van der Waals surface area contributed by atoms with Gasteiger partial charge >= 0.3 is 0 Å². The van der Waals surface area contributed by atoms with Crippen LogP contribution in [0.1, 0.15) is 11.4 Å². The quantitative estimate of drug-likeness (QED) is 0.575. The molecule has 124 valence electrons. The van der Waals surface area contributed by atoms with Crippen molar-refractivity contribution in [2.24, 2.45) is 0 Å². The van der Waals surface area contributed by atoms with Crippen molar-refractivity contribution in [3.8, 4) is 22.7 Å². The first-order chi connectivity index (χ1) is 12.2. The lowest BCUT2D eigenvalue weighted by Crippen LogP contribution is -2.03. The first-order valence-electron chi connectivity index (χ1n) is 7.94. The number of rotatable bonds is 3. The molecule has 2 aromatic heterocycles. The summed E-state index contributed by atoms with van der Waals surface area (Å²) in [7, 11) is 1.68. The van der Waals surface area contributed by atoms with E-state index in [0.29, 0.717) is 5.82 Å². The molecule has 0 aliphatic rings. The van der Waals surface area contributed by atoms with Crippen molar-refractivity contribution < 1.29 is 4.74 Å². The van der Waals surface area contributed by atoms with E-state index in [2.05, 4.69) is 44.3 Å². The Morgan fingerprint density at radius 1 is 0.960 bits per heavy atom.